The zero-order valence-electron chi connectivity index (χ0n) is 13.4. The van der Waals surface area contributed by atoms with Crippen LogP contribution in [0, 0.1) is 0 Å². The number of carbonyl (C=O) groups is 1. The molecule has 2 heterocycles. The van der Waals surface area contributed by atoms with E-state index in [4.69, 9.17) is 4.74 Å². The van der Waals surface area contributed by atoms with Gasteiger partial charge in [0.2, 0.25) is 0 Å². The van der Waals surface area contributed by atoms with Gasteiger partial charge >= 0.3 is 5.97 Å². The van der Waals surface area contributed by atoms with Gasteiger partial charge in [0.15, 0.2) is 0 Å². The van der Waals surface area contributed by atoms with Crippen LogP contribution in [0.25, 0.3) is 10.9 Å². The molecule has 3 aromatic rings. The molecule has 0 spiro atoms. The first kappa shape index (κ1) is 16.4. The van der Waals surface area contributed by atoms with E-state index in [0.717, 1.165) is 6.54 Å². The van der Waals surface area contributed by atoms with E-state index in [2.05, 4.69) is 20.9 Å². The van der Waals surface area contributed by atoms with E-state index in [0.29, 0.717) is 28.8 Å². The Labute approximate surface area is 142 Å². The number of ether oxygens (including phenoxy) is 1. The standard InChI is InChI=1S/C17H17N3O3S/c1-20(9-12-4-3-7-24-12)10-15-18-14-8-11(17(22)23-2)5-6-13(14)16(21)19-15/h3-8H,9-10H2,1-2H3,(H,18,19,21). The fourth-order valence-electron chi connectivity index (χ4n) is 2.49. The molecule has 1 aromatic carbocycles. The van der Waals surface area contributed by atoms with E-state index in [1.54, 1.807) is 29.5 Å². The molecule has 0 saturated heterocycles. The number of thiophene rings is 1. The number of hydrogen-bond donors (Lipinski definition) is 1. The number of nitrogens with one attached hydrogen (secondary N) is 1. The summed E-state index contributed by atoms with van der Waals surface area (Å²) in [6.45, 7) is 1.28. The molecular weight excluding hydrogens is 326 g/mol. The molecule has 0 bridgehead atoms. The molecule has 0 atom stereocenters. The molecule has 0 aliphatic heterocycles. The topological polar surface area (TPSA) is 75.3 Å². The van der Waals surface area contributed by atoms with Crippen LogP contribution in [0.1, 0.15) is 21.1 Å². The normalized spacial score (nSPS) is 11.1. The van der Waals surface area contributed by atoms with E-state index in [1.165, 1.54) is 12.0 Å². The molecule has 24 heavy (non-hydrogen) atoms. The molecule has 1 N–H and O–H groups in total. The fourth-order valence-corrected chi connectivity index (χ4v) is 3.27. The van der Waals surface area contributed by atoms with Crippen LogP contribution in [0.15, 0.2) is 40.5 Å². The smallest absolute Gasteiger partial charge is 0.337 e. The van der Waals surface area contributed by atoms with Gasteiger partial charge in [-0.15, -0.1) is 11.3 Å². The summed E-state index contributed by atoms with van der Waals surface area (Å²) in [5.74, 6) is 0.115. The highest BCUT2D eigenvalue weighted by atomic mass is 32.1. The molecule has 0 amide bonds. The average Bonchev–Trinajstić information content (AvgIpc) is 3.06. The van der Waals surface area contributed by atoms with Gasteiger partial charge in [-0.1, -0.05) is 6.07 Å². The van der Waals surface area contributed by atoms with Crippen molar-refractivity contribution in [1.29, 1.82) is 0 Å². The van der Waals surface area contributed by atoms with Gasteiger partial charge in [-0.05, 0) is 36.7 Å². The number of fused-ring (bicyclic) bond motifs is 1. The van der Waals surface area contributed by atoms with Crippen LogP contribution in [0.3, 0.4) is 0 Å². The summed E-state index contributed by atoms with van der Waals surface area (Å²) in [5, 5.41) is 2.49. The van der Waals surface area contributed by atoms with E-state index < -0.39 is 5.97 Å². The Bertz CT molecular complexity index is 918. The molecule has 124 valence electrons. The van der Waals surface area contributed by atoms with Gasteiger partial charge in [-0.2, -0.15) is 0 Å². The highest BCUT2D eigenvalue weighted by Crippen LogP contribution is 2.14. The quantitative estimate of drug-likeness (QED) is 0.720. The average molecular weight is 343 g/mol. The first-order valence-electron chi connectivity index (χ1n) is 7.39. The van der Waals surface area contributed by atoms with Crippen molar-refractivity contribution < 1.29 is 9.53 Å². The molecule has 0 fully saturated rings. The fraction of sp³-hybridized carbons (Fsp3) is 0.235. The van der Waals surface area contributed by atoms with Crippen molar-refractivity contribution in [3.63, 3.8) is 0 Å². The lowest BCUT2D eigenvalue weighted by Crippen LogP contribution is -2.21. The Kier molecular flexibility index (Phi) is 4.73. The predicted octanol–water partition coefficient (Wildman–Crippen LogP) is 2.40. The van der Waals surface area contributed by atoms with E-state index in [9.17, 15) is 9.59 Å². The maximum absolute atomic E-state index is 12.2. The van der Waals surface area contributed by atoms with Gasteiger partial charge in [-0.3, -0.25) is 9.69 Å². The number of hydrogen-bond acceptors (Lipinski definition) is 6. The maximum Gasteiger partial charge on any atom is 0.337 e. The Hall–Kier alpha value is -2.51. The third-order valence-electron chi connectivity index (χ3n) is 3.60. The highest BCUT2D eigenvalue weighted by molar-refractivity contribution is 7.09. The zero-order valence-corrected chi connectivity index (χ0v) is 14.2. The molecule has 0 aliphatic carbocycles. The minimum atomic E-state index is -0.449. The van der Waals surface area contributed by atoms with Crippen LogP contribution in [0.4, 0.5) is 0 Å². The largest absolute Gasteiger partial charge is 0.465 e. The minimum Gasteiger partial charge on any atom is -0.465 e. The van der Waals surface area contributed by atoms with Crippen molar-refractivity contribution in [2.45, 2.75) is 13.1 Å². The number of rotatable bonds is 5. The number of nitrogens with zero attached hydrogens (tertiary/aromatic N) is 2. The van der Waals surface area contributed by atoms with E-state index >= 15 is 0 Å². The Morgan fingerprint density at radius 3 is 2.88 bits per heavy atom. The van der Waals surface area contributed by atoms with Crippen LogP contribution >= 0.6 is 11.3 Å². The van der Waals surface area contributed by atoms with E-state index in [1.807, 2.05) is 18.5 Å². The first-order valence-corrected chi connectivity index (χ1v) is 8.27. The minimum absolute atomic E-state index is 0.212. The second-order valence-corrected chi connectivity index (χ2v) is 6.52. The summed E-state index contributed by atoms with van der Waals surface area (Å²) < 4.78 is 4.71. The van der Waals surface area contributed by atoms with Crippen molar-refractivity contribution in [2.75, 3.05) is 14.2 Å². The lowest BCUT2D eigenvalue weighted by atomic mass is 10.1. The monoisotopic (exact) mass is 343 g/mol. The van der Waals surface area contributed by atoms with Crippen molar-refractivity contribution in [3.8, 4) is 0 Å². The third-order valence-corrected chi connectivity index (χ3v) is 4.46. The predicted molar refractivity (Wildman–Crippen MR) is 93.2 cm³/mol. The number of esters is 1. The Morgan fingerprint density at radius 1 is 1.33 bits per heavy atom. The number of H-pyrrole nitrogens is 1. The molecule has 0 unspecified atom stereocenters. The third kappa shape index (κ3) is 3.52. The molecule has 7 heteroatoms. The van der Waals surface area contributed by atoms with Crippen molar-refractivity contribution in [3.05, 3.63) is 62.3 Å². The summed E-state index contributed by atoms with van der Waals surface area (Å²) in [5.41, 5.74) is 0.651. The molecule has 0 aliphatic rings. The summed E-state index contributed by atoms with van der Waals surface area (Å²) in [4.78, 5) is 34.5. The second-order valence-electron chi connectivity index (χ2n) is 5.49. The molecule has 3 rings (SSSR count). The van der Waals surface area contributed by atoms with Gasteiger partial charge in [0.05, 0.1) is 30.1 Å². The molecule has 0 radical (unpaired) electrons. The summed E-state index contributed by atoms with van der Waals surface area (Å²) in [7, 11) is 3.29. The van der Waals surface area contributed by atoms with Crippen LogP contribution in [-0.4, -0.2) is 35.0 Å². The summed E-state index contributed by atoms with van der Waals surface area (Å²) in [6, 6.07) is 8.82. The number of benzene rings is 1. The lowest BCUT2D eigenvalue weighted by Gasteiger charge is -2.15. The molecule has 6 nitrogen and oxygen atoms in total. The Balaban J connectivity index is 1.88. The highest BCUT2D eigenvalue weighted by Gasteiger charge is 2.11. The lowest BCUT2D eigenvalue weighted by molar-refractivity contribution is 0.0601. The van der Waals surface area contributed by atoms with Crippen molar-refractivity contribution >= 4 is 28.2 Å². The SMILES string of the molecule is COC(=O)c1ccc2c(=O)[nH]c(CN(C)Cc3cccs3)nc2c1. The van der Waals surface area contributed by atoms with Gasteiger partial charge in [0, 0.05) is 11.4 Å². The van der Waals surface area contributed by atoms with Crippen LogP contribution < -0.4 is 5.56 Å². The van der Waals surface area contributed by atoms with Gasteiger partial charge in [0.1, 0.15) is 5.82 Å². The first-order chi connectivity index (χ1) is 11.6. The van der Waals surface area contributed by atoms with Gasteiger partial charge in [-0.25, -0.2) is 9.78 Å². The van der Waals surface area contributed by atoms with Gasteiger partial charge < -0.3 is 9.72 Å². The Morgan fingerprint density at radius 2 is 2.17 bits per heavy atom. The molecule has 0 saturated carbocycles. The number of methoxy groups -OCH3 is 1. The molecule has 2 aromatic heterocycles. The van der Waals surface area contributed by atoms with Crippen LogP contribution in [0.2, 0.25) is 0 Å². The maximum atomic E-state index is 12.2. The van der Waals surface area contributed by atoms with E-state index in [-0.39, 0.29) is 5.56 Å². The number of aromatic amines is 1. The van der Waals surface area contributed by atoms with Gasteiger partial charge in [0.25, 0.3) is 5.56 Å². The second kappa shape index (κ2) is 6.94. The number of aromatic nitrogens is 2. The summed E-state index contributed by atoms with van der Waals surface area (Å²) >= 11 is 1.69. The zero-order chi connectivity index (χ0) is 17.1. The van der Waals surface area contributed by atoms with Crippen molar-refractivity contribution in [1.82, 2.24) is 14.9 Å². The van der Waals surface area contributed by atoms with Crippen LogP contribution in [0.5, 0.6) is 0 Å². The number of carbonyl (C=O) groups excluding carboxylic acids is 1. The summed E-state index contributed by atoms with van der Waals surface area (Å²) in [6.07, 6.45) is 0. The van der Waals surface area contributed by atoms with Crippen molar-refractivity contribution in [2.24, 2.45) is 0 Å². The van der Waals surface area contributed by atoms with Crippen LogP contribution in [-0.2, 0) is 17.8 Å². The molecular formula is C17H17N3O3S.